The van der Waals surface area contributed by atoms with E-state index in [-0.39, 0.29) is 12.3 Å². The number of aromatic nitrogens is 1. The zero-order valence-electron chi connectivity index (χ0n) is 12.9. The van der Waals surface area contributed by atoms with Crippen molar-refractivity contribution in [2.45, 2.75) is 12.4 Å². The summed E-state index contributed by atoms with van der Waals surface area (Å²) in [5.74, 6) is -0.619. The van der Waals surface area contributed by atoms with Gasteiger partial charge in [0.2, 0.25) is 0 Å². The lowest BCUT2D eigenvalue weighted by Crippen LogP contribution is -2.13. The number of pyridine rings is 1. The minimum atomic E-state index is -5.30. The molecular formula is C13H5ClF6N4O4. The predicted molar refractivity (Wildman–Crippen MR) is 82.3 cm³/mol. The maximum absolute atomic E-state index is 13.3. The van der Waals surface area contributed by atoms with Crippen molar-refractivity contribution < 1.29 is 36.2 Å². The van der Waals surface area contributed by atoms with Crippen molar-refractivity contribution in [2.75, 3.05) is 5.32 Å². The molecule has 0 aliphatic heterocycles. The van der Waals surface area contributed by atoms with Crippen LogP contribution in [0.15, 0.2) is 24.4 Å². The number of nitro benzene ring substituents is 2. The van der Waals surface area contributed by atoms with E-state index in [9.17, 15) is 46.6 Å². The lowest BCUT2D eigenvalue weighted by atomic mass is 10.1. The fourth-order valence-corrected chi connectivity index (χ4v) is 2.34. The van der Waals surface area contributed by atoms with E-state index in [1.807, 2.05) is 5.32 Å². The molecule has 0 amide bonds. The summed E-state index contributed by atoms with van der Waals surface area (Å²) in [6.45, 7) is 0. The van der Waals surface area contributed by atoms with Crippen molar-refractivity contribution in [3.05, 3.63) is 60.8 Å². The van der Waals surface area contributed by atoms with Crippen LogP contribution in [0.25, 0.3) is 0 Å². The Labute approximate surface area is 155 Å². The number of hydrogen-bond acceptors (Lipinski definition) is 6. The highest BCUT2D eigenvalue weighted by Gasteiger charge is 2.42. The van der Waals surface area contributed by atoms with E-state index in [0.29, 0.717) is 12.1 Å². The Morgan fingerprint density at radius 2 is 1.61 bits per heavy atom. The van der Waals surface area contributed by atoms with Gasteiger partial charge in [0.05, 0.1) is 21.0 Å². The minimum absolute atomic E-state index is 0.0260. The van der Waals surface area contributed by atoms with E-state index < -0.39 is 61.2 Å². The Morgan fingerprint density at radius 1 is 1.00 bits per heavy atom. The third kappa shape index (κ3) is 4.21. The highest BCUT2D eigenvalue weighted by atomic mass is 35.5. The molecule has 0 aliphatic carbocycles. The Kier molecular flexibility index (Phi) is 5.36. The lowest BCUT2D eigenvalue weighted by molar-refractivity contribution is -0.393. The second kappa shape index (κ2) is 7.10. The summed E-state index contributed by atoms with van der Waals surface area (Å²) < 4.78 is 77.5. The molecule has 0 spiro atoms. The van der Waals surface area contributed by atoms with Crippen LogP contribution in [0.2, 0.25) is 5.02 Å². The molecule has 1 aromatic heterocycles. The van der Waals surface area contributed by atoms with Crippen molar-refractivity contribution in [3.63, 3.8) is 0 Å². The van der Waals surface area contributed by atoms with Crippen LogP contribution in [0.1, 0.15) is 11.1 Å². The van der Waals surface area contributed by atoms with Gasteiger partial charge in [0.1, 0.15) is 11.5 Å². The van der Waals surface area contributed by atoms with Crippen LogP contribution >= 0.6 is 11.6 Å². The number of anilines is 2. The van der Waals surface area contributed by atoms with Crippen LogP contribution in [0.4, 0.5) is 49.2 Å². The molecule has 1 heterocycles. The highest BCUT2D eigenvalue weighted by Crippen LogP contribution is 2.48. The summed E-state index contributed by atoms with van der Waals surface area (Å²) in [5.41, 5.74) is -7.20. The van der Waals surface area contributed by atoms with Crippen molar-refractivity contribution in [2.24, 2.45) is 0 Å². The van der Waals surface area contributed by atoms with Crippen LogP contribution in [0.3, 0.4) is 0 Å². The number of nitro groups is 2. The third-order valence-corrected chi connectivity index (χ3v) is 3.62. The lowest BCUT2D eigenvalue weighted by Gasteiger charge is -2.15. The number of nitrogens with one attached hydrogen (secondary N) is 1. The molecule has 0 fully saturated rings. The van der Waals surface area contributed by atoms with Crippen molar-refractivity contribution in [3.8, 4) is 0 Å². The molecule has 1 N–H and O–H groups in total. The third-order valence-electron chi connectivity index (χ3n) is 3.25. The smallest absolute Gasteiger partial charge is 0.334 e. The van der Waals surface area contributed by atoms with Crippen LogP contribution in [0, 0.1) is 20.2 Å². The summed E-state index contributed by atoms with van der Waals surface area (Å²) in [6, 6.07) is 1.07. The maximum Gasteiger partial charge on any atom is 0.418 e. The van der Waals surface area contributed by atoms with Gasteiger partial charge in [0.15, 0.2) is 5.02 Å². The molecule has 0 atom stereocenters. The standard InChI is InChI=1S/C13H5ClF6N4O4/c14-9-7(23(25)26)3-6(13(18,19)20)10(11(9)24(27)28)22-8-2-1-5(4-21-8)12(15,16)17/h1-4H,(H,21,22). The van der Waals surface area contributed by atoms with Crippen LogP contribution in [-0.2, 0) is 12.4 Å². The highest BCUT2D eigenvalue weighted by molar-refractivity contribution is 6.35. The summed E-state index contributed by atoms with van der Waals surface area (Å²) in [7, 11) is 0. The zero-order valence-corrected chi connectivity index (χ0v) is 13.7. The van der Waals surface area contributed by atoms with Crippen LogP contribution in [-0.4, -0.2) is 14.8 Å². The molecule has 15 heteroatoms. The Morgan fingerprint density at radius 3 is 2.00 bits per heavy atom. The SMILES string of the molecule is O=[N+]([O-])c1cc(C(F)(F)F)c(Nc2ccc(C(F)(F)F)cn2)c([N+](=O)[O-])c1Cl. The molecule has 150 valence electrons. The van der Waals surface area contributed by atoms with E-state index in [1.54, 1.807) is 0 Å². The van der Waals surface area contributed by atoms with Gasteiger partial charge in [-0.2, -0.15) is 26.3 Å². The van der Waals surface area contributed by atoms with Gasteiger partial charge in [-0.3, -0.25) is 20.2 Å². The minimum Gasteiger partial charge on any atom is -0.334 e. The zero-order chi connectivity index (χ0) is 21.4. The number of hydrogen-bond donors (Lipinski definition) is 1. The first-order valence-corrected chi connectivity index (χ1v) is 7.14. The molecule has 0 unspecified atom stereocenters. The molecule has 28 heavy (non-hydrogen) atoms. The van der Waals surface area contributed by atoms with Gasteiger partial charge in [-0.15, -0.1) is 0 Å². The summed E-state index contributed by atoms with van der Waals surface area (Å²) >= 11 is 5.52. The fourth-order valence-electron chi connectivity index (χ4n) is 2.05. The number of nitrogens with zero attached hydrogens (tertiary/aromatic N) is 3. The maximum atomic E-state index is 13.3. The van der Waals surface area contributed by atoms with Crippen LogP contribution in [0.5, 0.6) is 0 Å². The Hall–Kier alpha value is -3.16. The number of alkyl halides is 6. The first-order valence-electron chi connectivity index (χ1n) is 6.76. The average molecular weight is 431 g/mol. The Balaban J connectivity index is 2.69. The summed E-state index contributed by atoms with van der Waals surface area (Å²) in [5, 5.41) is 22.7. The van der Waals surface area contributed by atoms with Gasteiger partial charge in [0.25, 0.3) is 5.69 Å². The van der Waals surface area contributed by atoms with E-state index in [2.05, 4.69) is 4.98 Å². The fraction of sp³-hybridized carbons (Fsp3) is 0.154. The quantitative estimate of drug-likeness (QED) is 0.398. The van der Waals surface area contributed by atoms with E-state index in [4.69, 9.17) is 11.6 Å². The first-order chi connectivity index (χ1) is 12.7. The van der Waals surface area contributed by atoms with Gasteiger partial charge in [0, 0.05) is 12.3 Å². The van der Waals surface area contributed by atoms with Gasteiger partial charge in [-0.05, 0) is 12.1 Å². The largest absolute Gasteiger partial charge is 0.418 e. The average Bonchev–Trinajstić information content (AvgIpc) is 2.52. The molecule has 8 nitrogen and oxygen atoms in total. The second-order valence-corrected chi connectivity index (χ2v) is 5.43. The molecular weight excluding hydrogens is 426 g/mol. The van der Waals surface area contributed by atoms with Crippen molar-refractivity contribution in [1.82, 2.24) is 4.98 Å². The normalized spacial score (nSPS) is 12.0. The predicted octanol–water partition coefficient (Wildman–Crippen LogP) is 5.33. The topological polar surface area (TPSA) is 111 Å². The van der Waals surface area contributed by atoms with Gasteiger partial charge in [-0.1, -0.05) is 11.6 Å². The van der Waals surface area contributed by atoms with E-state index in [0.717, 1.165) is 0 Å². The molecule has 0 aliphatic rings. The first kappa shape index (κ1) is 21.1. The molecule has 1 aromatic carbocycles. The van der Waals surface area contributed by atoms with Crippen LogP contribution < -0.4 is 5.32 Å². The van der Waals surface area contributed by atoms with E-state index in [1.165, 1.54) is 0 Å². The number of benzene rings is 1. The second-order valence-electron chi connectivity index (χ2n) is 5.05. The summed E-state index contributed by atoms with van der Waals surface area (Å²) in [4.78, 5) is 22.6. The van der Waals surface area contributed by atoms with Gasteiger partial charge in [-0.25, -0.2) is 4.98 Å². The molecule has 0 saturated carbocycles. The monoisotopic (exact) mass is 430 g/mol. The van der Waals surface area contributed by atoms with Gasteiger partial charge >= 0.3 is 18.0 Å². The van der Waals surface area contributed by atoms with E-state index >= 15 is 0 Å². The summed E-state index contributed by atoms with van der Waals surface area (Å²) in [6.07, 6.45) is -9.78. The number of rotatable bonds is 4. The molecule has 0 saturated heterocycles. The molecule has 0 bridgehead atoms. The number of halogens is 7. The van der Waals surface area contributed by atoms with Crippen molar-refractivity contribution >= 4 is 34.5 Å². The Bertz CT molecular complexity index is 946. The molecule has 2 rings (SSSR count). The van der Waals surface area contributed by atoms with Gasteiger partial charge < -0.3 is 5.32 Å². The molecule has 2 aromatic rings. The molecule has 0 radical (unpaired) electrons. The van der Waals surface area contributed by atoms with Crippen molar-refractivity contribution in [1.29, 1.82) is 0 Å².